The Hall–Kier alpha value is -2.16. The van der Waals surface area contributed by atoms with Crippen molar-refractivity contribution in [1.82, 2.24) is 14.9 Å². The van der Waals surface area contributed by atoms with Crippen LogP contribution in [-0.4, -0.2) is 45.7 Å². The third kappa shape index (κ3) is 5.03. The summed E-state index contributed by atoms with van der Waals surface area (Å²) in [4.78, 5) is 37.4. The van der Waals surface area contributed by atoms with Crippen LogP contribution >= 0.6 is 23.1 Å². The van der Waals surface area contributed by atoms with Crippen LogP contribution in [0.2, 0.25) is 0 Å². The van der Waals surface area contributed by atoms with Crippen molar-refractivity contribution >= 4 is 39.2 Å². The fourth-order valence-electron chi connectivity index (χ4n) is 4.77. The van der Waals surface area contributed by atoms with Gasteiger partial charge in [0.25, 0.3) is 5.56 Å². The molecule has 3 aromatic rings. The third-order valence-electron chi connectivity index (χ3n) is 6.36. The quantitative estimate of drug-likeness (QED) is 0.524. The number of thioether (sulfide) groups is 1. The van der Waals surface area contributed by atoms with Gasteiger partial charge in [-0.15, -0.1) is 11.3 Å². The summed E-state index contributed by atoms with van der Waals surface area (Å²) in [5.41, 5.74) is 2.31. The van der Waals surface area contributed by atoms with Crippen molar-refractivity contribution in [2.75, 3.05) is 18.8 Å². The number of fused-ring (bicyclic) bond motifs is 3. The molecule has 1 aliphatic heterocycles. The highest BCUT2D eigenvalue weighted by Gasteiger charge is 2.29. The number of morpholine rings is 1. The summed E-state index contributed by atoms with van der Waals surface area (Å²) in [6.07, 6.45) is 4.80. The highest BCUT2D eigenvalue weighted by atomic mass is 32.2. The summed E-state index contributed by atoms with van der Waals surface area (Å²) < 4.78 is 6.07. The topological polar surface area (TPSA) is 75.3 Å². The Morgan fingerprint density at radius 2 is 2.06 bits per heavy atom. The molecule has 5 rings (SSSR count). The van der Waals surface area contributed by atoms with Crippen LogP contribution < -0.4 is 5.56 Å². The number of hydrogen-bond donors (Lipinski definition) is 1. The van der Waals surface area contributed by atoms with Crippen molar-refractivity contribution < 1.29 is 9.53 Å². The van der Waals surface area contributed by atoms with Gasteiger partial charge in [0.2, 0.25) is 5.91 Å². The summed E-state index contributed by atoms with van der Waals surface area (Å²) in [5, 5.41) is 0.799. The smallest absolute Gasteiger partial charge is 0.259 e. The number of nitrogens with one attached hydrogen (secondary N) is 1. The average molecular weight is 484 g/mol. The Bertz CT molecular complexity index is 1190. The second-order valence-electron chi connectivity index (χ2n) is 8.85. The molecule has 174 valence electrons. The van der Waals surface area contributed by atoms with Gasteiger partial charge in [0.15, 0.2) is 0 Å². The zero-order chi connectivity index (χ0) is 22.8. The Labute approximate surface area is 201 Å². The van der Waals surface area contributed by atoms with Gasteiger partial charge in [-0.3, -0.25) is 9.59 Å². The standard InChI is InChI=1S/C25H29N3O3S2/c1-16-13-28(14-19(31-16)17-7-3-2-4-8-17)22(29)11-12-32-15-21-26-24(30)23-18-9-5-6-10-20(18)33-25(23)27-21/h2-4,7-8,16,19H,5-6,9-15H2,1H3,(H,26,27,30). The highest BCUT2D eigenvalue weighted by Crippen LogP contribution is 2.33. The second-order valence-corrected chi connectivity index (χ2v) is 11.0. The normalized spacial score (nSPS) is 20.7. The number of benzene rings is 1. The molecule has 6 nitrogen and oxygen atoms in total. The first-order valence-electron chi connectivity index (χ1n) is 11.7. The molecule has 0 bridgehead atoms. The summed E-state index contributed by atoms with van der Waals surface area (Å²) in [6.45, 7) is 3.23. The molecule has 2 aromatic heterocycles. The van der Waals surface area contributed by atoms with Gasteiger partial charge in [-0.05, 0) is 43.7 Å². The molecule has 0 saturated carbocycles. The van der Waals surface area contributed by atoms with E-state index < -0.39 is 0 Å². The molecule has 1 saturated heterocycles. The largest absolute Gasteiger partial charge is 0.367 e. The lowest BCUT2D eigenvalue weighted by atomic mass is 9.97. The van der Waals surface area contributed by atoms with Crippen LogP contribution in [0.25, 0.3) is 10.2 Å². The van der Waals surface area contributed by atoms with Crippen LogP contribution in [0.15, 0.2) is 35.1 Å². The summed E-state index contributed by atoms with van der Waals surface area (Å²) in [7, 11) is 0. The van der Waals surface area contributed by atoms with Gasteiger partial charge < -0.3 is 14.6 Å². The molecule has 1 N–H and O–H groups in total. The zero-order valence-electron chi connectivity index (χ0n) is 18.8. The minimum Gasteiger partial charge on any atom is -0.367 e. The summed E-state index contributed by atoms with van der Waals surface area (Å²) in [5.74, 6) is 2.16. The lowest BCUT2D eigenvalue weighted by Crippen LogP contribution is -2.46. The van der Waals surface area contributed by atoms with Crippen molar-refractivity contribution in [3.63, 3.8) is 0 Å². The second kappa shape index (κ2) is 9.99. The molecule has 33 heavy (non-hydrogen) atoms. The number of hydrogen-bond acceptors (Lipinski definition) is 6. The van der Waals surface area contributed by atoms with Crippen LogP contribution in [0.1, 0.15) is 54.1 Å². The van der Waals surface area contributed by atoms with Crippen LogP contribution in [-0.2, 0) is 28.1 Å². The lowest BCUT2D eigenvalue weighted by Gasteiger charge is -2.37. The Morgan fingerprint density at radius 3 is 2.91 bits per heavy atom. The maximum Gasteiger partial charge on any atom is 0.259 e. The van der Waals surface area contributed by atoms with Gasteiger partial charge in [-0.25, -0.2) is 4.98 Å². The van der Waals surface area contributed by atoms with E-state index in [2.05, 4.69) is 17.1 Å². The van der Waals surface area contributed by atoms with E-state index in [9.17, 15) is 9.59 Å². The molecule has 2 aliphatic rings. The molecular weight excluding hydrogens is 454 g/mol. The van der Waals surface area contributed by atoms with Crippen molar-refractivity contribution in [2.45, 2.75) is 57.0 Å². The predicted molar refractivity (Wildman–Crippen MR) is 134 cm³/mol. The van der Waals surface area contributed by atoms with Gasteiger partial charge >= 0.3 is 0 Å². The minimum atomic E-state index is -0.0795. The van der Waals surface area contributed by atoms with Crippen molar-refractivity contribution in [3.05, 3.63) is 62.5 Å². The van der Waals surface area contributed by atoms with Gasteiger partial charge in [0.05, 0.1) is 23.8 Å². The molecule has 3 heterocycles. The minimum absolute atomic E-state index is 0.0122. The number of aryl methyl sites for hydroxylation is 2. The van der Waals surface area contributed by atoms with Gasteiger partial charge in [0, 0.05) is 23.6 Å². The number of carbonyl (C=O) groups excluding carboxylic acids is 1. The number of aromatic amines is 1. The van der Waals surface area contributed by atoms with Crippen molar-refractivity contribution in [3.8, 4) is 0 Å². The van der Waals surface area contributed by atoms with Crippen LogP contribution in [0, 0.1) is 0 Å². The number of thiophene rings is 1. The van der Waals surface area contributed by atoms with E-state index >= 15 is 0 Å². The molecule has 1 amide bonds. The van der Waals surface area contributed by atoms with Crippen molar-refractivity contribution in [2.24, 2.45) is 0 Å². The molecule has 2 atom stereocenters. The molecule has 1 aromatic carbocycles. The van der Waals surface area contributed by atoms with Gasteiger partial charge in [0.1, 0.15) is 16.8 Å². The molecule has 0 radical (unpaired) electrons. The monoisotopic (exact) mass is 483 g/mol. The van der Waals surface area contributed by atoms with Crippen LogP contribution in [0.3, 0.4) is 0 Å². The van der Waals surface area contributed by atoms with Gasteiger partial charge in [-0.1, -0.05) is 30.3 Å². The first kappa shape index (κ1) is 22.6. The SMILES string of the molecule is CC1CN(C(=O)CCSCc2nc3sc4c(c3c(=O)[nH]2)CCCC4)CC(c2ccccc2)O1. The van der Waals surface area contributed by atoms with E-state index in [0.29, 0.717) is 36.8 Å². The Morgan fingerprint density at radius 1 is 1.24 bits per heavy atom. The van der Waals surface area contributed by atoms with Gasteiger partial charge in [-0.2, -0.15) is 11.8 Å². The number of aromatic nitrogens is 2. The maximum absolute atomic E-state index is 12.9. The van der Waals surface area contributed by atoms with E-state index in [0.717, 1.165) is 35.0 Å². The highest BCUT2D eigenvalue weighted by molar-refractivity contribution is 7.98. The Balaban J connectivity index is 1.16. The number of H-pyrrole nitrogens is 1. The molecule has 0 spiro atoms. The molecular formula is C25H29N3O3S2. The third-order valence-corrected chi connectivity index (χ3v) is 8.51. The number of carbonyl (C=O) groups is 1. The number of nitrogens with zero attached hydrogens (tertiary/aromatic N) is 2. The van der Waals surface area contributed by atoms with Crippen molar-refractivity contribution in [1.29, 1.82) is 0 Å². The molecule has 2 unspecified atom stereocenters. The molecule has 1 fully saturated rings. The molecule has 8 heteroatoms. The first-order valence-corrected chi connectivity index (χ1v) is 13.6. The van der Waals surface area contributed by atoms with E-state index in [-0.39, 0.29) is 23.7 Å². The fraction of sp³-hybridized carbons (Fsp3) is 0.480. The lowest BCUT2D eigenvalue weighted by molar-refractivity contribution is -0.144. The van der Waals surface area contributed by atoms with E-state index in [1.165, 1.54) is 16.9 Å². The number of amides is 1. The molecule has 1 aliphatic carbocycles. The zero-order valence-corrected chi connectivity index (χ0v) is 20.5. The first-order chi connectivity index (χ1) is 16.1. The maximum atomic E-state index is 12.9. The summed E-state index contributed by atoms with van der Waals surface area (Å²) in [6, 6.07) is 10.1. The fourth-order valence-corrected chi connectivity index (χ4v) is 6.84. The van der Waals surface area contributed by atoms with E-state index in [4.69, 9.17) is 9.72 Å². The van der Waals surface area contributed by atoms with E-state index in [1.54, 1.807) is 23.1 Å². The van der Waals surface area contributed by atoms with E-state index in [1.807, 2.05) is 30.0 Å². The van der Waals surface area contributed by atoms with Crippen LogP contribution in [0.4, 0.5) is 0 Å². The number of ether oxygens (including phenoxy) is 1. The number of rotatable bonds is 6. The average Bonchev–Trinajstić information content (AvgIpc) is 3.21. The van der Waals surface area contributed by atoms with Crippen LogP contribution in [0.5, 0.6) is 0 Å². The Kier molecular flexibility index (Phi) is 6.85. The summed E-state index contributed by atoms with van der Waals surface area (Å²) >= 11 is 3.32. The predicted octanol–water partition coefficient (Wildman–Crippen LogP) is 4.48.